The highest BCUT2D eigenvalue weighted by Crippen LogP contribution is 2.35. The molecule has 0 spiro atoms. The molecular formula is C13H13N3O3S. The fraction of sp³-hybridized carbons (Fsp3) is 0.0769. The minimum absolute atomic E-state index is 0.251. The molecule has 2 rings (SSSR count). The Morgan fingerprint density at radius 2 is 2.00 bits per heavy atom. The van der Waals surface area contributed by atoms with Gasteiger partial charge >= 0.3 is 6.03 Å². The third kappa shape index (κ3) is 2.89. The molecule has 0 bridgehead atoms. The summed E-state index contributed by atoms with van der Waals surface area (Å²) in [7, 11) is 1.57. The van der Waals surface area contributed by atoms with Crippen molar-refractivity contribution in [2.45, 2.75) is 0 Å². The number of amides is 3. The lowest BCUT2D eigenvalue weighted by Gasteiger charge is -2.01. The van der Waals surface area contributed by atoms with Gasteiger partial charge in [-0.1, -0.05) is 12.1 Å². The van der Waals surface area contributed by atoms with E-state index in [1.807, 2.05) is 24.3 Å². The fourth-order valence-electron chi connectivity index (χ4n) is 1.72. The van der Waals surface area contributed by atoms with E-state index in [-0.39, 0.29) is 4.88 Å². The number of benzene rings is 1. The van der Waals surface area contributed by atoms with Crippen LogP contribution < -0.4 is 21.5 Å². The van der Waals surface area contributed by atoms with Gasteiger partial charge in [0, 0.05) is 4.88 Å². The standard InChI is InChI=1S/C13H13N3O3S/c1-19-8-4-2-3-7(5-8)10-6-9(16-13(15)18)11(20-10)12(14)17/h2-6H,1H3,(H2,14,17)(H3,15,16,18). The largest absolute Gasteiger partial charge is 0.497 e. The number of hydrogen-bond donors (Lipinski definition) is 3. The van der Waals surface area contributed by atoms with Crippen LogP contribution in [0.2, 0.25) is 0 Å². The number of primary amides is 2. The van der Waals surface area contributed by atoms with Crippen LogP contribution in [-0.2, 0) is 0 Å². The third-order valence-corrected chi connectivity index (χ3v) is 3.77. The van der Waals surface area contributed by atoms with Crippen molar-refractivity contribution in [1.29, 1.82) is 0 Å². The summed E-state index contributed by atoms with van der Waals surface area (Å²) in [6.07, 6.45) is 0. The topological polar surface area (TPSA) is 107 Å². The number of carbonyl (C=O) groups excluding carboxylic acids is 2. The number of nitrogens with two attached hydrogens (primary N) is 2. The molecule has 1 heterocycles. The van der Waals surface area contributed by atoms with Crippen molar-refractivity contribution < 1.29 is 14.3 Å². The highest BCUT2D eigenvalue weighted by molar-refractivity contribution is 7.18. The minimum Gasteiger partial charge on any atom is -0.497 e. The van der Waals surface area contributed by atoms with E-state index in [0.717, 1.165) is 10.4 Å². The first-order valence-electron chi connectivity index (χ1n) is 5.65. The normalized spacial score (nSPS) is 10.1. The summed E-state index contributed by atoms with van der Waals surface area (Å²) in [6.45, 7) is 0. The molecular weight excluding hydrogens is 278 g/mol. The van der Waals surface area contributed by atoms with Crippen molar-refractivity contribution >= 4 is 29.0 Å². The zero-order valence-corrected chi connectivity index (χ0v) is 11.5. The van der Waals surface area contributed by atoms with Crippen molar-refractivity contribution in [3.05, 3.63) is 35.2 Å². The Bertz CT molecular complexity index is 667. The average molecular weight is 291 g/mol. The van der Waals surface area contributed by atoms with E-state index in [1.54, 1.807) is 13.2 Å². The van der Waals surface area contributed by atoms with E-state index in [9.17, 15) is 9.59 Å². The van der Waals surface area contributed by atoms with Crippen molar-refractivity contribution in [1.82, 2.24) is 0 Å². The molecule has 104 valence electrons. The second-order valence-corrected chi connectivity index (χ2v) is 4.99. The third-order valence-electron chi connectivity index (χ3n) is 2.57. The lowest BCUT2D eigenvalue weighted by atomic mass is 10.1. The molecule has 0 atom stereocenters. The molecule has 0 saturated heterocycles. The van der Waals surface area contributed by atoms with Gasteiger partial charge in [0.05, 0.1) is 12.8 Å². The predicted octanol–water partition coefficient (Wildman–Crippen LogP) is 2.01. The van der Waals surface area contributed by atoms with Crippen LogP contribution in [0.5, 0.6) is 5.75 Å². The van der Waals surface area contributed by atoms with Crippen molar-refractivity contribution in [2.75, 3.05) is 12.4 Å². The smallest absolute Gasteiger partial charge is 0.316 e. The first kappa shape index (κ1) is 13.9. The Kier molecular flexibility index (Phi) is 3.90. The molecule has 7 heteroatoms. The van der Waals surface area contributed by atoms with Gasteiger partial charge in [-0.2, -0.15) is 0 Å². The molecule has 2 aromatic rings. The number of urea groups is 1. The molecule has 0 fully saturated rings. The molecule has 0 saturated carbocycles. The van der Waals surface area contributed by atoms with Crippen molar-refractivity contribution in [3.8, 4) is 16.2 Å². The summed E-state index contributed by atoms with van der Waals surface area (Å²) in [6, 6.07) is 8.25. The van der Waals surface area contributed by atoms with E-state index in [0.29, 0.717) is 11.4 Å². The maximum Gasteiger partial charge on any atom is 0.316 e. The zero-order valence-electron chi connectivity index (χ0n) is 10.7. The van der Waals surface area contributed by atoms with E-state index in [2.05, 4.69) is 5.32 Å². The Morgan fingerprint density at radius 3 is 2.60 bits per heavy atom. The summed E-state index contributed by atoms with van der Waals surface area (Å²) in [5.74, 6) is 0.0776. The first-order chi connectivity index (χ1) is 9.51. The SMILES string of the molecule is COc1cccc(-c2cc(NC(N)=O)c(C(N)=O)s2)c1. The van der Waals surface area contributed by atoms with Gasteiger partial charge in [-0.3, -0.25) is 4.79 Å². The number of anilines is 1. The second kappa shape index (κ2) is 5.62. The molecule has 1 aromatic heterocycles. The van der Waals surface area contributed by atoms with Gasteiger partial charge in [-0.15, -0.1) is 11.3 Å². The van der Waals surface area contributed by atoms with Gasteiger partial charge in [0.15, 0.2) is 0 Å². The number of hydrogen-bond acceptors (Lipinski definition) is 4. The van der Waals surface area contributed by atoms with Crippen LogP contribution in [0.4, 0.5) is 10.5 Å². The van der Waals surface area contributed by atoms with Crippen LogP contribution in [-0.4, -0.2) is 19.0 Å². The number of methoxy groups -OCH3 is 1. The molecule has 0 unspecified atom stereocenters. The van der Waals surface area contributed by atoms with E-state index >= 15 is 0 Å². The van der Waals surface area contributed by atoms with Crippen molar-refractivity contribution in [2.24, 2.45) is 11.5 Å². The molecule has 0 aliphatic rings. The summed E-state index contributed by atoms with van der Waals surface area (Å²) >= 11 is 1.18. The number of ether oxygens (including phenoxy) is 1. The van der Waals surface area contributed by atoms with Crippen LogP contribution in [0.25, 0.3) is 10.4 Å². The van der Waals surface area contributed by atoms with Crippen LogP contribution in [0.15, 0.2) is 30.3 Å². The second-order valence-electron chi connectivity index (χ2n) is 3.94. The van der Waals surface area contributed by atoms with Gasteiger partial charge < -0.3 is 21.5 Å². The fourth-order valence-corrected chi connectivity index (χ4v) is 2.68. The van der Waals surface area contributed by atoms with Crippen molar-refractivity contribution in [3.63, 3.8) is 0 Å². The lowest BCUT2D eigenvalue weighted by molar-refractivity contribution is 0.100. The molecule has 0 radical (unpaired) electrons. The summed E-state index contributed by atoms with van der Waals surface area (Å²) in [5.41, 5.74) is 11.5. The molecule has 5 N–H and O–H groups in total. The highest BCUT2D eigenvalue weighted by Gasteiger charge is 2.16. The van der Waals surface area contributed by atoms with Gasteiger partial charge in [0.2, 0.25) is 0 Å². The van der Waals surface area contributed by atoms with E-state index in [1.165, 1.54) is 11.3 Å². The van der Waals surface area contributed by atoms with Gasteiger partial charge in [-0.25, -0.2) is 4.79 Å². The first-order valence-corrected chi connectivity index (χ1v) is 6.47. The molecule has 3 amide bonds. The molecule has 1 aromatic carbocycles. The monoisotopic (exact) mass is 291 g/mol. The quantitative estimate of drug-likeness (QED) is 0.801. The number of carbonyl (C=O) groups is 2. The number of nitrogens with one attached hydrogen (secondary N) is 1. The molecule has 6 nitrogen and oxygen atoms in total. The molecule has 0 aliphatic heterocycles. The van der Waals surface area contributed by atoms with E-state index < -0.39 is 11.9 Å². The Labute approximate surface area is 119 Å². The Morgan fingerprint density at radius 1 is 1.25 bits per heavy atom. The Balaban J connectivity index is 2.46. The van der Waals surface area contributed by atoms with Crippen LogP contribution in [0.3, 0.4) is 0 Å². The van der Waals surface area contributed by atoms with Crippen LogP contribution in [0.1, 0.15) is 9.67 Å². The Hall–Kier alpha value is -2.54. The molecule has 0 aliphatic carbocycles. The van der Waals surface area contributed by atoms with Gasteiger partial charge in [-0.05, 0) is 23.8 Å². The number of thiophene rings is 1. The van der Waals surface area contributed by atoms with Crippen LogP contribution in [0, 0.1) is 0 Å². The highest BCUT2D eigenvalue weighted by atomic mass is 32.1. The zero-order chi connectivity index (χ0) is 14.7. The van der Waals surface area contributed by atoms with Gasteiger partial charge in [0.25, 0.3) is 5.91 Å². The minimum atomic E-state index is -0.748. The van der Waals surface area contributed by atoms with Gasteiger partial charge in [0.1, 0.15) is 10.6 Å². The number of rotatable bonds is 4. The lowest BCUT2D eigenvalue weighted by Crippen LogP contribution is -2.21. The summed E-state index contributed by atoms with van der Waals surface area (Å²) < 4.78 is 5.15. The maximum absolute atomic E-state index is 11.4. The average Bonchev–Trinajstić information content (AvgIpc) is 2.82. The summed E-state index contributed by atoms with van der Waals surface area (Å²) in [4.78, 5) is 23.4. The van der Waals surface area contributed by atoms with E-state index in [4.69, 9.17) is 16.2 Å². The molecule has 20 heavy (non-hydrogen) atoms. The van der Waals surface area contributed by atoms with Crippen LogP contribution >= 0.6 is 11.3 Å². The predicted molar refractivity (Wildman–Crippen MR) is 78.0 cm³/mol. The maximum atomic E-state index is 11.4. The summed E-state index contributed by atoms with van der Waals surface area (Å²) in [5, 5.41) is 2.39.